The van der Waals surface area contributed by atoms with E-state index in [2.05, 4.69) is 24.5 Å². The van der Waals surface area contributed by atoms with Crippen LogP contribution >= 0.6 is 0 Å². The lowest BCUT2D eigenvalue weighted by atomic mass is 9.82. The molecule has 142 valence electrons. The number of carbonyl (C=O) groups excluding carboxylic acids is 2. The minimum absolute atomic E-state index is 0.129. The fraction of sp³-hybridized carbons (Fsp3) is 0.636. The van der Waals surface area contributed by atoms with Crippen LogP contribution < -0.4 is 10.6 Å². The molecule has 2 amide bonds. The maximum absolute atomic E-state index is 12.4. The third-order valence-corrected chi connectivity index (χ3v) is 6.03. The summed E-state index contributed by atoms with van der Waals surface area (Å²) < 4.78 is 0. The van der Waals surface area contributed by atoms with Gasteiger partial charge in [0.15, 0.2) is 0 Å². The molecule has 4 unspecified atom stereocenters. The van der Waals surface area contributed by atoms with Crippen LogP contribution in [0, 0.1) is 23.7 Å². The summed E-state index contributed by atoms with van der Waals surface area (Å²) >= 11 is 0. The van der Waals surface area contributed by atoms with Crippen molar-refractivity contribution in [3.05, 3.63) is 24.3 Å². The molecule has 2 saturated carbocycles. The first-order valence-corrected chi connectivity index (χ1v) is 10.2. The smallest absolute Gasteiger partial charge is 0.227 e. The number of hydrogen-bond donors (Lipinski definition) is 2. The van der Waals surface area contributed by atoms with E-state index in [1.54, 1.807) is 0 Å². The normalized spacial score (nSPS) is 29.0. The molecular weight excluding hydrogens is 324 g/mol. The van der Waals surface area contributed by atoms with Crippen molar-refractivity contribution in [3.63, 3.8) is 0 Å². The molecule has 1 aromatic rings. The van der Waals surface area contributed by atoms with Crippen LogP contribution in [0.15, 0.2) is 24.3 Å². The Balaban J connectivity index is 1.51. The van der Waals surface area contributed by atoms with Crippen LogP contribution in [-0.4, -0.2) is 11.8 Å². The van der Waals surface area contributed by atoms with Crippen LogP contribution in [-0.2, 0) is 9.59 Å². The lowest BCUT2D eigenvalue weighted by Gasteiger charge is -2.26. The quantitative estimate of drug-likeness (QED) is 0.777. The first-order chi connectivity index (χ1) is 12.5. The number of amides is 2. The second-order valence-corrected chi connectivity index (χ2v) is 8.49. The minimum atomic E-state index is 0.129. The van der Waals surface area contributed by atoms with E-state index in [-0.39, 0.29) is 23.7 Å². The molecule has 0 bridgehead atoms. The van der Waals surface area contributed by atoms with Gasteiger partial charge in [0, 0.05) is 23.2 Å². The average molecular weight is 357 g/mol. The summed E-state index contributed by atoms with van der Waals surface area (Å²) in [6.07, 6.45) is 8.71. The van der Waals surface area contributed by atoms with Crippen LogP contribution in [0.5, 0.6) is 0 Å². The summed E-state index contributed by atoms with van der Waals surface area (Å²) in [5.74, 6) is 1.80. The van der Waals surface area contributed by atoms with E-state index in [0.29, 0.717) is 11.8 Å². The van der Waals surface area contributed by atoms with Gasteiger partial charge in [0.25, 0.3) is 0 Å². The maximum atomic E-state index is 12.4. The standard InChI is InChI=1S/C22H32N2O2/c1-15-5-3-7-17(13-15)21(25)23-19-9-11-20(12-10-19)24-22(26)18-8-4-6-16(2)14-18/h9-12,15-18H,3-8,13-14H2,1-2H3,(H,23,25)(H,24,26). The number of carbonyl (C=O) groups is 2. The summed E-state index contributed by atoms with van der Waals surface area (Å²) in [5.41, 5.74) is 1.61. The summed E-state index contributed by atoms with van der Waals surface area (Å²) in [6, 6.07) is 7.51. The molecule has 0 saturated heterocycles. The van der Waals surface area contributed by atoms with Gasteiger partial charge in [0.1, 0.15) is 0 Å². The third kappa shape index (κ3) is 5.09. The number of anilines is 2. The molecular formula is C22H32N2O2. The van der Waals surface area contributed by atoms with E-state index in [4.69, 9.17) is 0 Å². The third-order valence-electron chi connectivity index (χ3n) is 6.03. The Morgan fingerprint density at radius 1 is 0.731 bits per heavy atom. The number of benzene rings is 1. The molecule has 0 radical (unpaired) electrons. The fourth-order valence-corrected chi connectivity index (χ4v) is 4.47. The highest BCUT2D eigenvalue weighted by atomic mass is 16.2. The highest BCUT2D eigenvalue weighted by Crippen LogP contribution is 2.31. The van der Waals surface area contributed by atoms with Crippen molar-refractivity contribution < 1.29 is 9.59 Å². The van der Waals surface area contributed by atoms with Crippen molar-refractivity contribution in [2.45, 2.75) is 65.2 Å². The van der Waals surface area contributed by atoms with E-state index in [1.165, 1.54) is 12.8 Å². The molecule has 0 aromatic heterocycles. The van der Waals surface area contributed by atoms with Crippen molar-refractivity contribution in [3.8, 4) is 0 Å². The Bertz CT molecular complexity index is 571. The van der Waals surface area contributed by atoms with Crippen molar-refractivity contribution in [2.24, 2.45) is 23.7 Å². The predicted octanol–water partition coefficient (Wildman–Crippen LogP) is 5.22. The highest BCUT2D eigenvalue weighted by Gasteiger charge is 2.26. The van der Waals surface area contributed by atoms with Crippen LogP contribution in [0.25, 0.3) is 0 Å². The first-order valence-electron chi connectivity index (χ1n) is 10.2. The summed E-state index contributed by atoms with van der Waals surface area (Å²) in [4.78, 5) is 24.9. The summed E-state index contributed by atoms with van der Waals surface area (Å²) in [5, 5.41) is 6.06. The SMILES string of the molecule is CC1CCCC(C(=O)Nc2ccc(NC(=O)C3CCCC(C)C3)cc2)C1. The van der Waals surface area contributed by atoms with Crippen LogP contribution in [0.4, 0.5) is 11.4 Å². The number of hydrogen-bond acceptors (Lipinski definition) is 2. The van der Waals surface area contributed by atoms with Crippen molar-refractivity contribution in [1.29, 1.82) is 0 Å². The van der Waals surface area contributed by atoms with E-state index in [9.17, 15) is 9.59 Å². The largest absolute Gasteiger partial charge is 0.326 e. The highest BCUT2D eigenvalue weighted by molar-refractivity contribution is 5.94. The Morgan fingerprint density at radius 3 is 1.46 bits per heavy atom. The molecule has 4 nitrogen and oxygen atoms in total. The van der Waals surface area contributed by atoms with Gasteiger partial charge < -0.3 is 10.6 Å². The Labute approximate surface area is 157 Å². The van der Waals surface area contributed by atoms with Gasteiger partial charge in [-0.15, -0.1) is 0 Å². The number of nitrogens with one attached hydrogen (secondary N) is 2. The molecule has 2 aliphatic rings. The summed E-state index contributed by atoms with van der Waals surface area (Å²) in [7, 11) is 0. The van der Waals surface area contributed by atoms with E-state index in [1.807, 2.05) is 24.3 Å². The van der Waals surface area contributed by atoms with Gasteiger partial charge in [-0.1, -0.05) is 39.5 Å². The molecule has 0 spiro atoms. The molecule has 26 heavy (non-hydrogen) atoms. The van der Waals surface area contributed by atoms with Gasteiger partial charge in [-0.3, -0.25) is 9.59 Å². The molecule has 3 rings (SSSR count). The Kier molecular flexibility index (Phi) is 6.33. The van der Waals surface area contributed by atoms with Gasteiger partial charge in [0.05, 0.1) is 0 Å². The zero-order valence-electron chi connectivity index (χ0n) is 16.1. The molecule has 2 N–H and O–H groups in total. The lowest BCUT2D eigenvalue weighted by Crippen LogP contribution is -2.27. The van der Waals surface area contributed by atoms with E-state index >= 15 is 0 Å². The molecule has 0 heterocycles. The molecule has 0 aliphatic heterocycles. The minimum Gasteiger partial charge on any atom is -0.326 e. The Hall–Kier alpha value is -1.84. The molecule has 2 fully saturated rings. The van der Waals surface area contributed by atoms with Crippen molar-refractivity contribution >= 4 is 23.2 Å². The fourth-order valence-electron chi connectivity index (χ4n) is 4.47. The average Bonchev–Trinajstić information content (AvgIpc) is 2.63. The zero-order chi connectivity index (χ0) is 18.5. The van der Waals surface area contributed by atoms with Gasteiger partial charge >= 0.3 is 0 Å². The molecule has 1 aromatic carbocycles. The maximum Gasteiger partial charge on any atom is 0.227 e. The van der Waals surface area contributed by atoms with Crippen molar-refractivity contribution in [2.75, 3.05) is 10.6 Å². The number of rotatable bonds is 4. The van der Waals surface area contributed by atoms with E-state index in [0.717, 1.165) is 49.9 Å². The van der Waals surface area contributed by atoms with Gasteiger partial charge in [-0.25, -0.2) is 0 Å². The van der Waals surface area contributed by atoms with Gasteiger partial charge in [0.2, 0.25) is 11.8 Å². The second-order valence-electron chi connectivity index (χ2n) is 8.49. The summed E-state index contributed by atoms with van der Waals surface area (Å²) in [6.45, 7) is 4.45. The Morgan fingerprint density at radius 2 is 1.12 bits per heavy atom. The van der Waals surface area contributed by atoms with Gasteiger partial charge in [-0.2, -0.15) is 0 Å². The topological polar surface area (TPSA) is 58.2 Å². The second kappa shape index (κ2) is 8.70. The first kappa shape index (κ1) is 18.9. The van der Waals surface area contributed by atoms with Crippen LogP contribution in [0.3, 0.4) is 0 Å². The molecule has 4 heteroatoms. The van der Waals surface area contributed by atoms with Crippen molar-refractivity contribution in [1.82, 2.24) is 0 Å². The molecule has 2 aliphatic carbocycles. The lowest BCUT2D eigenvalue weighted by molar-refractivity contribution is -0.122. The van der Waals surface area contributed by atoms with Gasteiger partial charge in [-0.05, 0) is 61.8 Å². The monoisotopic (exact) mass is 356 g/mol. The molecule has 4 atom stereocenters. The van der Waals surface area contributed by atoms with E-state index < -0.39 is 0 Å². The zero-order valence-corrected chi connectivity index (χ0v) is 16.1. The predicted molar refractivity (Wildman–Crippen MR) is 106 cm³/mol. The van der Waals surface area contributed by atoms with Crippen LogP contribution in [0.1, 0.15) is 65.2 Å². The van der Waals surface area contributed by atoms with Crippen LogP contribution in [0.2, 0.25) is 0 Å².